The van der Waals surface area contributed by atoms with Crippen molar-refractivity contribution in [3.8, 4) is 0 Å². The molecule has 0 aromatic carbocycles. The highest BCUT2D eigenvalue weighted by molar-refractivity contribution is 4.95. The average molecular weight is 208 g/mol. The lowest BCUT2D eigenvalue weighted by molar-refractivity contribution is -0.0433. The Morgan fingerprint density at radius 1 is 1.13 bits per heavy atom. The monoisotopic (exact) mass is 208 g/mol. The Morgan fingerprint density at radius 2 is 1.93 bits per heavy atom. The number of ether oxygens (including phenoxy) is 1. The van der Waals surface area contributed by atoms with Gasteiger partial charge in [0.15, 0.2) is 0 Å². The van der Waals surface area contributed by atoms with Gasteiger partial charge in [0.25, 0.3) is 0 Å². The van der Waals surface area contributed by atoms with Crippen LogP contribution in [0.4, 0.5) is 0 Å². The SMILES string of the molecule is CCC1(C)CC2CC3CC(C2)OCC1C3. The summed E-state index contributed by atoms with van der Waals surface area (Å²) in [5, 5.41) is 0. The van der Waals surface area contributed by atoms with E-state index in [1.807, 2.05) is 0 Å². The van der Waals surface area contributed by atoms with Crippen molar-refractivity contribution in [2.45, 2.75) is 58.5 Å². The van der Waals surface area contributed by atoms with Gasteiger partial charge in [-0.15, -0.1) is 0 Å². The third-order valence-electron chi connectivity index (χ3n) is 5.56. The largest absolute Gasteiger partial charge is 0.378 e. The second-order valence-corrected chi connectivity index (χ2v) is 6.54. The molecule has 86 valence electrons. The van der Waals surface area contributed by atoms with Crippen molar-refractivity contribution >= 4 is 0 Å². The lowest BCUT2D eigenvalue weighted by atomic mass is 9.69. The minimum Gasteiger partial charge on any atom is -0.378 e. The molecule has 1 heterocycles. The van der Waals surface area contributed by atoms with Crippen LogP contribution in [0.5, 0.6) is 0 Å². The first kappa shape index (κ1) is 10.1. The molecule has 0 aromatic heterocycles. The lowest BCUT2D eigenvalue weighted by Gasteiger charge is -2.40. The van der Waals surface area contributed by atoms with E-state index in [1.54, 1.807) is 0 Å². The van der Waals surface area contributed by atoms with Gasteiger partial charge in [-0.25, -0.2) is 0 Å². The van der Waals surface area contributed by atoms with Gasteiger partial charge in [-0.2, -0.15) is 0 Å². The minimum absolute atomic E-state index is 0.578. The summed E-state index contributed by atoms with van der Waals surface area (Å²) < 4.78 is 6.10. The van der Waals surface area contributed by atoms with Crippen LogP contribution in [-0.4, -0.2) is 12.7 Å². The summed E-state index contributed by atoms with van der Waals surface area (Å²) in [5.74, 6) is 2.82. The Kier molecular flexibility index (Phi) is 2.35. The fourth-order valence-corrected chi connectivity index (χ4v) is 4.47. The molecule has 0 N–H and O–H groups in total. The van der Waals surface area contributed by atoms with Gasteiger partial charge < -0.3 is 4.74 Å². The van der Waals surface area contributed by atoms with Crippen molar-refractivity contribution in [3.63, 3.8) is 0 Å². The van der Waals surface area contributed by atoms with Crippen molar-refractivity contribution in [2.24, 2.45) is 23.2 Å². The molecule has 4 bridgehead atoms. The van der Waals surface area contributed by atoms with E-state index in [1.165, 1.54) is 38.5 Å². The highest BCUT2D eigenvalue weighted by atomic mass is 16.5. The third kappa shape index (κ3) is 1.63. The molecule has 0 aromatic rings. The summed E-state index contributed by atoms with van der Waals surface area (Å²) in [6.45, 7) is 5.95. The van der Waals surface area contributed by atoms with E-state index in [4.69, 9.17) is 4.74 Å². The zero-order valence-corrected chi connectivity index (χ0v) is 10.2. The molecule has 1 saturated heterocycles. The van der Waals surface area contributed by atoms with Gasteiger partial charge >= 0.3 is 0 Å². The second-order valence-electron chi connectivity index (χ2n) is 6.54. The highest BCUT2D eigenvalue weighted by Crippen LogP contribution is 2.53. The Hall–Kier alpha value is -0.0400. The maximum atomic E-state index is 6.10. The van der Waals surface area contributed by atoms with Crippen LogP contribution in [0.3, 0.4) is 0 Å². The van der Waals surface area contributed by atoms with E-state index >= 15 is 0 Å². The smallest absolute Gasteiger partial charge is 0.0580 e. The molecule has 3 fully saturated rings. The molecule has 5 atom stereocenters. The Balaban J connectivity index is 1.92. The first-order valence-corrected chi connectivity index (χ1v) is 6.81. The molecular weight excluding hydrogens is 184 g/mol. The number of hydrogen-bond donors (Lipinski definition) is 0. The van der Waals surface area contributed by atoms with Gasteiger partial charge in [0.05, 0.1) is 12.7 Å². The number of fused-ring (bicyclic) bond motifs is 3. The Bertz CT molecular complexity index is 248. The second kappa shape index (κ2) is 3.48. The number of rotatable bonds is 1. The fraction of sp³-hybridized carbons (Fsp3) is 1.00. The van der Waals surface area contributed by atoms with Crippen LogP contribution in [0.2, 0.25) is 0 Å². The summed E-state index contributed by atoms with van der Waals surface area (Å²) in [5.41, 5.74) is 0.578. The normalized spacial score (nSPS) is 54.0. The van der Waals surface area contributed by atoms with Crippen molar-refractivity contribution < 1.29 is 4.74 Å². The minimum atomic E-state index is 0.578. The zero-order chi connectivity index (χ0) is 10.5. The van der Waals surface area contributed by atoms with Gasteiger partial charge in [-0.1, -0.05) is 20.3 Å². The lowest BCUT2D eigenvalue weighted by Crippen LogP contribution is -2.35. The zero-order valence-electron chi connectivity index (χ0n) is 10.2. The van der Waals surface area contributed by atoms with E-state index < -0.39 is 0 Å². The number of hydrogen-bond acceptors (Lipinski definition) is 1. The summed E-state index contributed by atoms with van der Waals surface area (Å²) >= 11 is 0. The molecule has 1 heteroatoms. The quantitative estimate of drug-likeness (QED) is 0.639. The molecule has 15 heavy (non-hydrogen) atoms. The predicted molar refractivity (Wildman–Crippen MR) is 61.7 cm³/mol. The predicted octanol–water partition coefficient (Wildman–Crippen LogP) is 3.63. The van der Waals surface area contributed by atoms with Gasteiger partial charge in [0.1, 0.15) is 0 Å². The van der Waals surface area contributed by atoms with E-state index in [-0.39, 0.29) is 0 Å². The third-order valence-corrected chi connectivity index (χ3v) is 5.56. The topological polar surface area (TPSA) is 9.23 Å². The summed E-state index contributed by atoms with van der Waals surface area (Å²) in [6.07, 6.45) is 9.13. The van der Waals surface area contributed by atoms with E-state index in [9.17, 15) is 0 Å². The van der Waals surface area contributed by atoms with Gasteiger partial charge in [-0.05, 0) is 55.3 Å². The van der Waals surface area contributed by atoms with Crippen molar-refractivity contribution in [2.75, 3.05) is 6.61 Å². The molecule has 0 radical (unpaired) electrons. The first-order chi connectivity index (χ1) is 7.19. The molecule has 1 nitrogen and oxygen atoms in total. The van der Waals surface area contributed by atoms with Gasteiger partial charge in [0, 0.05) is 0 Å². The van der Waals surface area contributed by atoms with Crippen LogP contribution >= 0.6 is 0 Å². The van der Waals surface area contributed by atoms with Crippen LogP contribution in [0.15, 0.2) is 0 Å². The molecule has 3 rings (SSSR count). The van der Waals surface area contributed by atoms with Crippen LogP contribution in [0, 0.1) is 23.2 Å². The van der Waals surface area contributed by atoms with Crippen LogP contribution in [0.25, 0.3) is 0 Å². The molecular formula is C14H24O. The molecule has 2 aliphatic carbocycles. The molecule has 0 spiro atoms. The van der Waals surface area contributed by atoms with Gasteiger partial charge in [0.2, 0.25) is 0 Å². The molecule has 1 aliphatic heterocycles. The molecule has 2 saturated carbocycles. The van der Waals surface area contributed by atoms with Crippen LogP contribution in [0.1, 0.15) is 52.4 Å². The van der Waals surface area contributed by atoms with E-state index in [2.05, 4.69) is 13.8 Å². The molecule has 5 unspecified atom stereocenters. The van der Waals surface area contributed by atoms with Crippen LogP contribution in [-0.2, 0) is 4.74 Å². The standard InChI is InChI=1S/C14H24O/c1-3-14(2)8-11-4-10-5-12(14)9-15-13(6-10)7-11/h10-13H,3-9H2,1-2H3. The van der Waals surface area contributed by atoms with Crippen molar-refractivity contribution in [3.05, 3.63) is 0 Å². The van der Waals surface area contributed by atoms with Gasteiger partial charge in [-0.3, -0.25) is 0 Å². The molecule has 3 aliphatic rings. The summed E-state index contributed by atoms with van der Waals surface area (Å²) in [6, 6.07) is 0. The molecule has 0 amide bonds. The average Bonchev–Trinajstić information content (AvgIpc) is 2.42. The van der Waals surface area contributed by atoms with Crippen molar-refractivity contribution in [1.29, 1.82) is 0 Å². The fourth-order valence-electron chi connectivity index (χ4n) is 4.47. The van der Waals surface area contributed by atoms with Crippen LogP contribution < -0.4 is 0 Å². The Morgan fingerprint density at radius 3 is 2.73 bits per heavy atom. The highest BCUT2D eigenvalue weighted by Gasteiger charge is 2.46. The summed E-state index contributed by atoms with van der Waals surface area (Å²) in [7, 11) is 0. The first-order valence-electron chi connectivity index (χ1n) is 6.81. The summed E-state index contributed by atoms with van der Waals surface area (Å²) in [4.78, 5) is 0. The Labute approximate surface area is 93.6 Å². The van der Waals surface area contributed by atoms with Crippen molar-refractivity contribution in [1.82, 2.24) is 0 Å². The maximum Gasteiger partial charge on any atom is 0.0580 e. The maximum absolute atomic E-state index is 6.10. The van der Waals surface area contributed by atoms with E-state index in [0.717, 1.165) is 24.4 Å². The van der Waals surface area contributed by atoms with E-state index in [0.29, 0.717) is 11.5 Å².